The first kappa shape index (κ1) is 51.5. The molecule has 0 saturated heterocycles. The molecular formula is C84H62N4. The van der Waals surface area contributed by atoms with E-state index in [-0.39, 0.29) is 10.8 Å². The molecule has 0 N–H and O–H groups in total. The topological polar surface area (TPSA) is 16.3 Å². The zero-order chi connectivity index (χ0) is 58.7. The first-order valence-electron chi connectivity index (χ1n) is 30.8. The van der Waals surface area contributed by atoms with Gasteiger partial charge in [0.2, 0.25) is 0 Å². The maximum absolute atomic E-state index is 2.47. The lowest BCUT2D eigenvalue weighted by molar-refractivity contribution is 0.583. The van der Waals surface area contributed by atoms with E-state index >= 15 is 0 Å². The predicted molar refractivity (Wildman–Crippen MR) is 370 cm³/mol. The second-order valence-electron chi connectivity index (χ2n) is 24.7. The lowest BCUT2D eigenvalue weighted by Crippen LogP contribution is -2.24. The van der Waals surface area contributed by atoms with Gasteiger partial charge in [-0.2, -0.15) is 0 Å². The molecule has 1 atom stereocenters. The van der Waals surface area contributed by atoms with Gasteiger partial charge in [-0.3, -0.25) is 0 Å². The van der Waals surface area contributed by atoms with E-state index in [1.165, 1.54) is 105 Å². The van der Waals surface area contributed by atoms with Gasteiger partial charge in [-0.05, 0) is 177 Å². The van der Waals surface area contributed by atoms with Crippen LogP contribution in [0.15, 0.2) is 309 Å². The van der Waals surface area contributed by atoms with Crippen molar-refractivity contribution in [3.8, 4) is 44.8 Å². The summed E-state index contributed by atoms with van der Waals surface area (Å²) in [4.78, 5) is 4.90. The Bertz CT molecular complexity index is 5240. The number of benzene rings is 13. The van der Waals surface area contributed by atoms with E-state index in [0.29, 0.717) is 0 Å². The van der Waals surface area contributed by atoms with E-state index in [2.05, 4.69) is 349 Å². The molecule has 0 amide bonds. The van der Waals surface area contributed by atoms with E-state index in [1.54, 1.807) is 0 Å². The smallest absolute Gasteiger partial charge is 0.0561 e. The van der Waals surface area contributed by atoms with E-state index in [9.17, 15) is 0 Å². The first-order valence-corrected chi connectivity index (χ1v) is 30.8. The Morgan fingerprint density at radius 3 is 1.28 bits per heavy atom. The highest BCUT2D eigenvalue weighted by Crippen LogP contribution is 2.54. The zero-order valence-corrected chi connectivity index (χ0v) is 49.4. The van der Waals surface area contributed by atoms with Crippen molar-refractivity contribution in [3.05, 3.63) is 337 Å². The molecule has 0 saturated carbocycles. The average Bonchev–Trinajstić information content (AvgIpc) is 1.70. The summed E-state index contributed by atoms with van der Waals surface area (Å²) in [6, 6.07) is 115. The van der Waals surface area contributed by atoms with Crippen LogP contribution < -0.4 is 9.80 Å². The average molecular weight is 1130 g/mol. The Morgan fingerprint density at radius 1 is 0.273 bits per heavy atom. The van der Waals surface area contributed by atoms with Crippen molar-refractivity contribution in [1.82, 2.24) is 9.13 Å². The van der Waals surface area contributed by atoms with E-state index < -0.39 is 0 Å². The molecule has 4 heteroatoms. The van der Waals surface area contributed by atoms with Gasteiger partial charge in [0.25, 0.3) is 0 Å². The van der Waals surface area contributed by atoms with Crippen molar-refractivity contribution >= 4 is 77.7 Å². The van der Waals surface area contributed by atoms with Gasteiger partial charge < -0.3 is 18.9 Å². The minimum Gasteiger partial charge on any atom is -0.310 e. The van der Waals surface area contributed by atoms with Crippen LogP contribution in [0.3, 0.4) is 0 Å². The maximum Gasteiger partial charge on any atom is 0.0561 e. The van der Waals surface area contributed by atoms with Gasteiger partial charge in [0.1, 0.15) is 0 Å². The summed E-state index contributed by atoms with van der Waals surface area (Å²) in [5.74, 6) is 0. The van der Waals surface area contributed by atoms with Gasteiger partial charge in [-0.25, -0.2) is 0 Å². The lowest BCUT2D eigenvalue weighted by atomic mass is 9.75. The van der Waals surface area contributed by atoms with Gasteiger partial charge in [0.15, 0.2) is 0 Å². The highest BCUT2D eigenvalue weighted by atomic mass is 15.2. The number of fused-ring (bicyclic) bond motifs is 12. The van der Waals surface area contributed by atoms with Crippen molar-refractivity contribution in [1.29, 1.82) is 0 Å². The van der Waals surface area contributed by atoms with Gasteiger partial charge in [0.05, 0.1) is 22.1 Å². The lowest BCUT2D eigenvalue weighted by Gasteiger charge is -2.29. The first-order chi connectivity index (χ1) is 43.3. The largest absolute Gasteiger partial charge is 0.310 e. The Morgan fingerprint density at radius 2 is 0.670 bits per heavy atom. The van der Waals surface area contributed by atoms with Gasteiger partial charge in [-0.1, -0.05) is 221 Å². The number of nitrogens with zero attached hydrogens (tertiary/aromatic N) is 4. The van der Waals surface area contributed by atoms with Gasteiger partial charge in [-0.15, -0.1) is 0 Å². The molecule has 2 heterocycles. The molecule has 2 aromatic heterocycles. The molecule has 4 nitrogen and oxygen atoms in total. The van der Waals surface area contributed by atoms with Crippen LogP contribution in [-0.2, 0) is 17.3 Å². The fourth-order valence-corrected chi connectivity index (χ4v) is 15.2. The van der Waals surface area contributed by atoms with Crippen molar-refractivity contribution in [2.75, 3.05) is 9.80 Å². The predicted octanol–water partition coefficient (Wildman–Crippen LogP) is 22.3. The molecule has 0 aliphatic heterocycles. The van der Waals surface area contributed by atoms with Crippen LogP contribution in [0.4, 0.5) is 34.1 Å². The molecule has 0 fully saturated rings. The number of hydrogen-bond donors (Lipinski definition) is 0. The molecule has 1 unspecified atom stereocenters. The fourth-order valence-electron chi connectivity index (χ4n) is 15.2. The summed E-state index contributed by atoms with van der Waals surface area (Å²) in [5.41, 5.74) is 27.5. The van der Waals surface area contributed by atoms with Crippen molar-refractivity contribution in [2.24, 2.45) is 0 Å². The van der Waals surface area contributed by atoms with Crippen LogP contribution in [0.2, 0.25) is 0 Å². The molecule has 0 spiro atoms. The minimum atomic E-state index is -0.295. The van der Waals surface area contributed by atoms with Crippen LogP contribution in [0.1, 0.15) is 48.6 Å². The van der Waals surface area contributed by atoms with Crippen molar-refractivity contribution < 1.29 is 0 Å². The molecule has 2 aliphatic rings. The van der Waals surface area contributed by atoms with E-state index in [0.717, 1.165) is 51.9 Å². The van der Waals surface area contributed by atoms with E-state index in [4.69, 9.17) is 0 Å². The van der Waals surface area contributed by atoms with Crippen molar-refractivity contribution in [2.45, 2.75) is 38.0 Å². The number of rotatable bonds is 11. The maximum atomic E-state index is 2.47. The number of aromatic nitrogens is 2. The monoisotopic (exact) mass is 1130 g/mol. The Labute approximate surface area is 513 Å². The molecule has 0 radical (unpaired) electrons. The summed E-state index contributed by atoms with van der Waals surface area (Å²) in [5, 5.41) is 4.95. The third-order valence-corrected chi connectivity index (χ3v) is 19.3. The molecular weight excluding hydrogens is 1060 g/mol. The molecule has 15 aromatic rings. The van der Waals surface area contributed by atoms with E-state index in [1.807, 2.05) is 0 Å². The molecule has 418 valence electrons. The quantitative estimate of drug-likeness (QED) is 0.128. The summed E-state index contributed by atoms with van der Waals surface area (Å²) in [6.07, 6.45) is 0.835. The summed E-state index contributed by atoms with van der Waals surface area (Å²) >= 11 is 0. The fraction of sp³-hybridized carbons (Fsp3) is 0.0714. The van der Waals surface area contributed by atoms with Crippen molar-refractivity contribution in [3.63, 3.8) is 0 Å². The van der Waals surface area contributed by atoms with Crippen LogP contribution in [0, 0.1) is 0 Å². The van der Waals surface area contributed by atoms with Gasteiger partial charge >= 0.3 is 0 Å². The Balaban J connectivity index is 0.757. The van der Waals surface area contributed by atoms with Crippen LogP contribution in [0.5, 0.6) is 0 Å². The SMILES string of the molecule is CC1(C)c2ccccc2-c2cc(N(c3cccc(-c4cccc(CC5(C)c6ccccc6-c6cc(N(c7ccccc7)c7ccc8c9ccccc9n(-c9ccccc9)c8c7)ccc65)c4)c3)c3ccc4c5ccccc5n(-c5ccccc5)c4c3)ccc21. The molecule has 2 aliphatic carbocycles. The molecule has 17 rings (SSSR count). The van der Waals surface area contributed by atoms with Crippen LogP contribution in [0.25, 0.3) is 88.4 Å². The molecule has 88 heavy (non-hydrogen) atoms. The number of para-hydroxylation sites is 5. The normalized spacial score (nSPS) is 14.5. The Hall–Kier alpha value is -10.9. The summed E-state index contributed by atoms with van der Waals surface area (Å²) in [6.45, 7) is 7.18. The highest BCUT2D eigenvalue weighted by Gasteiger charge is 2.40. The van der Waals surface area contributed by atoms with Crippen LogP contribution in [-0.4, -0.2) is 9.13 Å². The number of hydrogen-bond acceptors (Lipinski definition) is 2. The zero-order valence-electron chi connectivity index (χ0n) is 49.4. The standard InChI is InChI=1S/C84H62N4/c1-83(2)75-37-17-13-33-67(75)73-51-64(43-47-76(73)83)86(66-42-46-72-70-36-16-20-40-80(70)88(82(72)54-66)61-30-11-6-12-31-61)62-32-22-25-58(50-62)57-24-21-23-56(49-57)55-84(3)77-38-18-14-34-68(77)74-52-63(44-48-78(74)84)85(59-26-7-4-8-27-59)65-41-45-71-69-35-15-19-39-79(69)87(81(71)53-65)60-28-9-5-10-29-60/h4-54H,55H2,1-3H3. The van der Waals surface area contributed by atoms with Gasteiger partial charge in [0, 0.05) is 77.9 Å². The number of anilines is 6. The minimum absolute atomic E-state index is 0.105. The third kappa shape index (κ3) is 8.06. The Kier molecular flexibility index (Phi) is 11.8. The molecule has 13 aromatic carbocycles. The second-order valence-corrected chi connectivity index (χ2v) is 24.7. The highest BCUT2D eigenvalue weighted by molar-refractivity contribution is 6.12. The third-order valence-electron chi connectivity index (χ3n) is 19.3. The van der Waals surface area contributed by atoms with Crippen LogP contribution >= 0.6 is 0 Å². The second kappa shape index (κ2) is 20.1. The summed E-state index contributed by atoms with van der Waals surface area (Å²) < 4.78 is 4.83. The molecule has 0 bridgehead atoms. The summed E-state index contributed by atoms with van der Waals surface area (Å²) in [7, 11) is 0.